The molecule has 3 rings (SSSR count). The summed E-state index contributed by atoms with van der Waals surface area (Å²) in [5.41, 5.74) is 2.32. The first-order valence-electron chi connectivity index (χ1n) is 7.27. The van der Waals surface area contributed by atoms with Crippen molar-refractivity contribution < 1.29 is 4.74 Å². The maximum absolute atomic E-state index is 5.24. The fraction of sp³-hybridized carbons (Fsp3) is 0.438. The molecule has 1 aliphatic rings. The Morgan fingerprint density at radius 3 is 2.95 bits per heavy atom. The van der Waals surface area contributed by atoms with Crippen molar-refractivity contribution in [2.24, 2.45) is 0 Å². The summed E-state index contributed by atoms with van der Waals surface area (Å²) in [7, 11) is 1.69. The van der Waals surface area contributed by atoms with Crippen molar-refractivity contribution in [1.29, 1.82) is 0 Å². The van der Waals surface area contributed by atoms with E-state index in [1.807, 2.05) is 24.4 Å². The van der Waals surface area contributed by atoms with Gasteiger partial charge in [-0.1, -0.05) is 18.9 Å². The van der Waals surface area contributed by atoms with Crippen LogP contribution in [0.2, 0.25) is 0 Å². The normalized spacial score (nSPS) is 15.4. The summed E-state index contributed by atoms with van der Waals surface area (Å²) in [6, 6.07) is 10.7. The molecule has 1 saturated carbocycles. The number of nitrogens with one attached hydrogen (secondary N) is 1. The summed E-state index contributed by atoms with van der Waals surface area (Å²) in [6.07, 6.45) is 7.07. The second-order valence-corrected chi connectivity index (χ2v) is 5.29. The lowest BCUT2D eigenvalue weighted by Crippen LogP contribution is -2.13. The maximum Gasteiger partial charge on any atom is 0.120 e. The molecule has 1 aromatic carbocycles. The van der Waals surface area contributed by atoms with Crippen LogP contribution in [0.3, 0.4) is 0 Å². The highest BCUT2D eigenvalue weighted by Crippen LogP contribution is 2.30. The Morgan fingerprint density at radius 1 is 1.30 bits per heavy atom. The van der Waals surface area contributed by atoms with Crippen LogP contribution in [0, 0.1) is 0 Å². The molecule has 1 aliphatic carbocycles. The summed E-state index contributed by atoms with van der Waals surface area (Å²) in [5, 5.41) is 7.94. The van der Waals surface area contributed by atoms with Crippen molar-refractivity contribution in [3.8, 4) is 5.75 Å². The average molecular weight is 271 g/mol. The zero-order valence-electron chi connectivity index (χ0n) is 11.9. The van der Waals surface area contributed by atoms with Crippen LogP contribution in [-0.2, 0) is 6.54 Å². The molecule has 0 aliphatic heterocycles. The van der Waals surface area contributed by atoms with Gasteiger partial charge in [-0.3, -0.25) is 4.68 Å². The van der Waals surface area contributed by atoms with E-state index in [0.29, 0.717) is 6.04 Å². The molecule has 1 aromatic heterocycles. The van der Waals surface area contributed by atoms with E-state index < -0.39 is 0 Å². The number of aromatic nitrogens is 2. The van der Waals surface area contributed by atoms with Gasteiger partial charge in [-0.05, 0) is 31.0 Å². The molecule has 4 heteroatoms. The molecule has 0 unspecified atom stereocenters. The van der Waals surface area contributed by atoms with E-state index in [1.165, 1.54) is 31.4 Å². The molecule has 0 atom stereocenters. The van der Waals surface area contributed by atoms with Crippen LogP contribution in [0.4, 0.5) is 5.69 Å². The molecule has 1 fully saturated rings. The van der Waals surface area contributed by atoms with Gasteiger partial charge in [-0.2, -0.15) is 5.10 Å². The molecule has 0 radical (unpaired) electrons. The molecular weight excluding hydrogens is 250 g/mol. The van der Waals surface area contributed by atoms with Crippen LogP contribution in [0.5, 0.6) is 5.75 Å². The first kappa shape index (κ1) is 13.0. The number of rotatable bonds is 5. The number of benzene rings is 1. The molecule has 0 spiro atoms. The molecule has 0 amide bonds. The van der Waals surface area contributed by atoms with Crippen LogP contribution in [0.15, 0.2) is 36.5 Å². The molecule has 106 valence electrons. The Labute approximate surface area is 119 Å². The van der Waals surface area contributed by atoms with E-state index in [9.17, 15) is 0 Å². The highest BCUT2D eigenvalue weighted by Gasteiger charge is 2.19. The van der Waals surface area contributed by atoms with Crippen LogP contribution in [0.25, 0.3) is 0 Å². The third-order valence-corrected chi connectivity index (χ3v) is 3.97. The Kier molecular flexibility index (Phi) is 3.90. The van der Waals surface area contributed by atoms with Gasteiger partial charge in [0.15, 0.2) is 0 Å². The summed E-state index contributed by atoms with van der Waals surface area (Å²) >= 11 is 0. The number of methoxy groups -OCH3 is 1. The monoisotopic (exact) mass is 271 g/mol. The average Bonchev–Trinajstić information content (AvgIpc) is 3.16. The lowest BCUT2D eigenvalue weighted by Gasteiger charge is -2.15. The minimum Gasteiger partial charge on any atom is -0.497 e. The van der Waals surface area contributed by atoms with Crippen LogP contribution in [-0.4, -0.2) is 16.9 Å². The quantitative estimate of drug-likeness (QED) is 0.902. The fourth-order valence-electron chi connectivity index (χ4n) is 2.88. The van der Waals surface area contributed by atoms with Gasteiger partial charge in [0.25, 0.3) is 0 Å². The smallest absolute Gasteiger partial charge is 0.120 e. The fourth-order valence-corrected chi connectivity index (χ4v) is 2.88. The lowest BCUT2D eigenvalue weighted by molar-refractivity contribution is 0.415. The predicted octanol–water partition coefficient (Wildman–Crippen LogP) is 3.62. The van der Waals surface area contributed by atoms with Crippen LogP contribution >= 0.6 is 0 Å². The Hall–Kier alpha value is -1.97. The van der Waals surface area contributed by atoms with E-state index in [2.05, 4.69) is 27.2 Å². The summed E-state index contributed by atoms with van der Waals surface area (Å²) in [6.45, 7) is 0.795. The summed E-state index contributed by atoms with van der Waals surface area (Å²) in [5.74, 6) is 0.874. The molecule has 1 N–H and O–H groups in total. The largest absolute Gasteiger partial charge is 0.497 e. The third-order valence-electron chi connectivity index (χ3n) is 3.97. The third kappa shape index (κ3) is 2.79. The highest BCUT2D eigenvalue weighted by molar-refractivity contribution is 5.48. The van der Waals surface area contributed by atoms with Crippen molar-refractivity contribution in [3.63, 3.8) is 0 Å². The Balaban J connectivity index is 1.67. The standard InChI is InChI=1S/C16H21N3O/c1-20-16-8-4-5-13(11-16)17-12-15-9-10-18-19(15)14-6-2-3-7-14/h4-5,8-11,14,17H,2-3,6-7,12H2,1H3. The van der Waals surface area contributed by atoms with Gasteiger partial charge in [0, 0.05) is 18.0 Å². The van der Waals surface area contributed by atoms with Gasteiger partial charge < -0.3 is 10.1 Å². The van der Waals surface area contributed by atoms with Crippen molar-refractivity contribution in [3.05, 3.63) is 42.2 Å². The Morgan fingerprint density at radius 2 is 2.15 bits per heavy atom. The lowest BCUT2D eigenvalue weighted by atomic mass is 10.2. The second kappa shape index (κ2) is 5.99. The minimum absolute atomic E-state index is 0.590. The number of hydrogen-bond donors (Lipinski definition) is 1. The number of ether oxygens (including phenoxy) is 1. The van der Waals surface area contributed by atoms with Gasteiger partial charge in [0.05, 0.1) is 25.4 Å². The molecule has 0 bridgehead atoms. The topological polar surface area (TPSA) is 39.1 Å². The van der Waals surface area contributed by atoms with E-state index in [1.54, 1.807) is 7.11 Å². The Bertz CT molecular complexity index is 558. The zero-order valence-corrected chi connectivity index (χ0v) is 11.9. The molecule has 4 nitrogen and oxygen atoms in total. The first-order valence-corrected chi connectivity index (χ1v) is 7.27. The van der Waals surface area contributed by atoms with Crippen LogP contribution in [0.1, 0.15) is 37.4 Å². The van der Waals surface area contributed by atoms with Crippen molar-refractivity contribution in [2.45, 2.75) is 38.3 Å². The van der Waals surface area contributed by atoms with Crippen molar-refractivity contribution in [2.75, 3.05) is 12.4 Å². The maximum atomic E-state index is 5.24. The molecule has 1 heterocycles. The number of hydrogen-bond acceptors (Lipinski definition) is 3. The molecule has 0 saturated heterocycles. The van der Waals surface area contributed by atoms with Crippen molar-refractivity contribution in [1.82, 2.24) is 9.78 Å². The molecule has 20 heavy (non-hydrogen) atoms. The van der Waals surface area contributed by atoms with E-state index in [4.69, 9.17) is 4.74 Å². The van der Waals surface area contributed by atoms with Crippen molar-refractivity contribution >= 4 is 5.69 Å². The van der Waals surface area contributed by atoms with Gasteiger partial charge >= 0.3 is 0 Å². The van der Waals surface area contributed by atoms with Gasteiger partial charge in [-0.15, -0.1) is 0 Å². The predicted molar refractivity (Wildman–Crippen MR) is 80.1 cm³/mol. The minimum atomic E-state index is 0.590. The summed E-state index contributed by atoms with van der Waals surface area (Å²) < 4.78 is 7.43. The van der Waals surface area contributed by atoms with Gasteiger partial charge in [0.2, 0.25) is 0 Å². The zero-order chi connectivity index (χ0) is 13.8. The van der Waals surface area contributed by atoms with Gasteiger partial charge in [-0.25, -0.2) is 0 Å². The van der Waals surface area contributed by atoms with E-state index in [0.717, 1.165) is 18.0 Å². The van der Waals surface area contributed by atoms with E-state index in [-0.39, 0.29) is 0 Å². The number of anilines is 1. The first-order chi connectivity index (χ1) is 9.86. The van der Waals surface area contributed by atoms with E-state index >= 15 is 0 Å². The highest BCUT2D eigenvalue weighted by atomic mass is 16.5. The molecule has 2 aromatic rings. The number of nitrogens with zero attached hydrogens (tertiary/aromatic N) is 2. The van der Waals surface area contributed by atoms with Gasteiger partial charge in [0.1, 0.15) is 5.75 Å². The summed E-state index contributed by atoms with van der Waals surface area (Å²) in [4.78, 5) is 0. The SMILES string of the molecule is COc1cccc(NCc2ccnn2C2CCCC2)c1. The second-order valence-electron chi connectivity index (χ2n) is 5.29. The molecular formula is C16H21N3O. The van der Waals surface area contributed by atoms with Crippen LogP contribution < -0.4 is 10.1 Å².